The molecule has 3 rings (SSSR count). The third-order valence-corrected chi connectivity index (χ3v) is 3.87. The molecule has 0 aliphatic carbocycles. The Hall–Kier alpha value is -1.42. The van der Waals surface area contributed by atoms with Gasteiger partial charge in [-0.05, 0) is 30.0 Å². The number of hydrogen-bond donors (Lipinski definition) is 1. The number of carbonyl (C=O) groups is 1. The maximum atomic E-state index is 12.2. The highest BCUT2D eigenvalue weighted by Gasteiger charge is 2.39. The van der Waals surface area contributed by atoms with Gasteiger partial charge >= 0.3 is 0 Å². The zero-order valence-electron chi connectivity index (χ0n) is 9.80. The molecule has 0 aromatic carbocycles. The van der Waals surface area contributed by atoms with Gasteiger partial charge in [-0.1, -0.05) is 0 Å². The number of rotatable bonds is 2. The molecular formula is C13H17N3O. The molecule has 2 aliphatic rings. The molecule has 3 heterocycles. The second-order valence-corrected chi connectivity index (χ2v) is 4.89. The monoisotopic (exact) mass is 231 g/mol. The van der Waals surface area contributed by atoms with Gasteiger partial charge in [-0.3, -0.25) is 9.78 Å². The van der Waals surface area contributed by atoms with Crippen LogP contribution < -0.4 is 5.32 Å². The molecule has 17 heavy (non-hydrogen) atoms. The van der Waals surface area contributed by atoms with E-state index in [1.54, 1.807) is 12.4 Å². The molecule has 1 N–H and O–H groups in total. The molecule has 2 saturated heterocycles. The Morgan fingerprint density at radius 3 is 3.06 bits per heavy atom. The molecule has 1 aromatic rings. The quantitative estimate of drug-likeness (QED) is 0.803. The largest absolute Gasteiger partial charge is 0.338 e. The van der Waals surface area contributed by atoms with E-state index in [0.29, 0.717) is 18.4 Å². The summed E-state index contributed by atoms with van der Waals surface area (Å²) in [6.45, 7) is 2.97. The Bertz CT molecular complexity index is 406. The number of nitrogens with one attached hydrogen (secondary N) is 1. The number of nitrogens with zero attached hydrogens (tertiary/aromatic N) is 2. The van der Waals surface area contributed by atoms with Crippen LogP contribution in [-0.4, -0.2) is 41.5 Å². The van der Waals surface area contributed by atoms with E-state index in [1.807, 2.05) is 12.1 Å². The van der Waals surface area contributed by atoms with Crippen molar-refractivity contribution in [2.75, 3.05) is 19.6 Å². The van der Waals surface area contributed by atoms with Crippen molar-refractivity contribution in [1.29, 1.82) is 0 Å². The lowest BCUT2D eigenvalue weighted by Gasteiger charge is -2.23. The van der Waals surface area contributed by atoms with Gasteiger partial charge in [0.05, 0.1) is 6.42 Å². The van der Waals surface area contributed by atoms with Crippen LogP contribution in [0.25, 0.3) is 0 Å². The van der Waals surface area contributed by atoms with Crippen LogP contribution in [0, 0.1) is 5.92 Å². The number of pyridine rings is 1. The molecule has 90 valence electrons. The lowest BCUT2D eigenvalue weighted by Crippen LogP contribution is -2.39. The van der Waals surface area contributed by atoms with Gasteiger partial charge in [0.2, 0.25) is 5.91 Å². The molecule has 0 radical (unpaired) electrons. The molecule has 0 bridgehead atoms. The minimum Gasteiger partial charge on any atom is -0.338 e. The fourth-order valence-corrected chi connectivity index (χ4v) is 2.94. The van der Waals surface area contributed by atoms with Crippen LogP contribution in [0.4, 0.5) is 0 Å². The molecule has 0 unspecified atom stereocenters. The Morgan fingerprint density at radius 2 is 2.24 bits per heavy atom. The third kappa shape index (κ3) is 2.05. The van der Waals surface area contributed by atoms with Crippen molar-refractivity contribution >= 4 is 5.91 Å². The van der Waals surface area contributed by atoms with Crippen LogP contribution in [-0.2, 0) is 11.2 Å². The minimum atomic E-state index is 0.257. The summed E-state index contributed by atoms with van der Waals surface area (Å²) in [7, 11) is 0. The van der Waals surface area contributed by atoms with Crippen LogP contribution >= 0.6 is 0 Å². The first-order chi connectivity index (χ1) is 8.34. The van der Waals surface area contributed by atoms with E-state index in [-0.39, 0.29) is 5.91 Å². The van der Waals surface area contributed by atoms with Crippen LogP contribution in [0.3, 0.4) is 0 Å². The molecule has 2 atom stereocenters. The van der Waals surface area contributed by atoms with E-state index in [9.17, 15) is 4.79 Å². The topological polar surface area (TPSA) is 45.2 Å². The zero-order valence-corrected chi connectivity index (χ0v) is 9.80. The number of amides is 1. The summed E-state index contributed by atoms with van der Waals surface area (Å²) in [5.41, 5.74) is 1.06. The molecule has 2 fully saturated rings. The molecular weight excluding hydrogens is 214 g/mol. The average molecular weight is 231 g/mol. The summed E-state index contributed by atoms with van der Waals surface area (Å²) in [5.74, 6) is 0.934. The van der Waals surface area contributed by atoms with Crippen molar-refractivity contribution in [1.82, 2.24) is 15.2 Å². The van der Waals surface area contributed by atoms with Crippen molar-refractivity contribution in [3.8, 4) is 0 Å². The summed E-state index contributed by atoms with van der Waals surface area (Å²) in [5, 5.41) is 3.37. The number of hydrogen-bond acceptors (Lipinski definition) is 3. The standard InChI is InChI=1S/C13H17N3O/c17-13(7-10-1-4-14-5-2-10)16-6-3-11-8-15-9-12(11)16/h1-2,4-5,11-12,15H,3,6-9H2/t11-,12+/m1/s1. The van der Waals surface area contributed by atoms with Gasteiger partial charge in [0.1, 0.15) is 0 Å². The van der Waals surface area contributed by atoms with Gasteiger partial charge in [0.15, 0.2) is 0 Å². The second kappa shape index (κ2) is 4.45. The molecule has 2 aliphatic heterocycles. The Kier molecular flexibility index (Phi) is 2.81. The van der Waals surface area contributed by atoms with E-state index in [1.165, 1.54) is 0 Å². The predicted molar refractivity (Wildman–Crippen MR) is 64.4 cm³/mol. The maximum Gasteiger partial charge on any atom is 0.227 e. The fraction of sp³-hybridized carbons (Fsp3) is 0.538. The summed E-state index contributed by atoms with van der Waals surface area (Å²) in [4.78, 5) is 18.3. The molecule has 4 heteroatoms. The Morgan fingerprint density at radius 1 is 1.41 bits per heavy atom. The third-order valence-electron chi connectivity index (χ3n) is 3.87. The molecule has 4 nitrogen and oxygen atoms in total. The van der Waals surface area contributed by atoms with Gasteiger partial charge in [0.25, 0.3) is 0 Å². The summed E-state index contributed by atoms with van der Waals surface area (Å²) < 4.78 is 0. The number of likely N-dealkylation sites (tertiary alicyclic amines) is 1. The van der Waals surface area contributed by atoms with Gasteiger partial charge in [0, 0.05) is 38.1 Å². The number of fused-ring (bicyclic) bond motifs is 1. The first kappa shape index (κ1) is 10.7. The molecule has 1 aromatic heterocycles. The van der Waals surface area contributed by atoms with Crippen molar-refractivity contribution in [3.05, 3.63) is 30.1 Å². The highest BCUT2D eigenvalue weighted by Crippen LogP contribution is 2.27. The van der Waals surface area contributed by atoms with E-state index in [4.69, 9.17) is 0 Å². The number of aromatic nitrogens is 1. The highest BCUT2D eigenvalue weighted by molar-refractivity contribution is 5.79. The average Bonchev–Trinajstić information content (AvgIpc) is 2.91. The van der Waals surface area contributed by atoms with Gasteiger partial charge in [-0.25, -0.2) is 0 Å². The first-order valence-corrected chi connectivity index (χ1v) is 6.23. The fourth-order valence-electron chi connectivity index (χ4n) is 2.94. The summed E-state index contributed by atoms with van der Waals surface area (Å²) in [6.07, 6.45) is 5.14. The van der Waals surface area contributed by atoms with Crippen molar-refractivity contribution < 1.29 is 4.79 Å². The minimum absolute atomic E-state index is 0.257. The van der Waals surface area contributed by atoms with Crippen LogP contribution in [0.2, 0.25) is 0 Å². The predicted octanol–water partition coefficient (Wildman–Crippen LogP) is 0.444. The smallest absolute Gasteiger partial charge is 0.227 e. The van der Waals surface area contributed by atoms with E-state index in [2.05, 4.69) is 15.2 Å². The van der Waals surface area contributed by atoms with Crippen LogP contribution in [0.5, 0.6) is 0 Å². The SMILES string of the molecule is O=C(Cc1ccncc1)N1CC[C@@H]2CNC[C@@H]21. The zero-order chi connectivity index (χ0) is 11.7. The van der Waals surface area contributed by atoms with Crippen molar-refractivity contribution in [2.24, 2.45) is 5.92 Å². The van der Waals surface area contributed by atoms with Crippen molar-refractivity contribution in [3.63, 3.8) is 0 Å². The van der Waals surface area contributed by atoms with E-state index < -0.39 is 0 Å². The Labute approximate surface area is 101 Å². The van der Waals surface area contributed by atoms with Crippen molar-refractivity contribution in [2.45, 2.75) is 18.9 Å². The van der Waals surface area contributed by atoms with Gasteiger partial charge < -0.3 is 10.2 Å². The van der Waals surface area contributed by atoms with Gasteiger partial charge in [-0.2, -0.15) is 0 Å². The van der Waals surface area contributed by atoms with E-state index >= 15 is 0 Å². The maximum absolute atomic E-state index is 12.2. The summed E-state index contributed by atoms with van der Waals surface area (Å²) >= 11 is 0. The number of carbonyl (C=O) groups excluding carboxylic acids is 1. The summed E-state index contributed by atoms with van der Waals surface area (Å²) in [6, 6.07) is 4.26. The first-order valence-electron chi connectivity index (χ1n) is 6.23. The lowest BCUT2D eigenvalue weighted by atomic mass is 10.0. The van der Waals surface area contributed by atoms with E-state index in [0.717, 1.165) is 31.6 Å². The Balaban J connectivity index is 1.67. The van der Waals surface area contributed by atoms with Crippen LogP contribution in [0.1, 0.15) is 12.0 Å². The van der Waals surface area contributed by atoms with Gasteiger partial charge in [-0.15, -0.1) is 0 Å². The second-order valence-electron chi connectivity index (χ2n) is 4.89. The molecule has 0 saturated carbocycles. The lowest BCUT2D eigenvalue weighted by molar-refractivity contribution is -0.131. The molecule has 1 amide bonds. The molecule has 0 spiro atoms. The highest BCUT2D eigenvalue weighted by atomic mass is 16.2. The normalized spacial score (nSPS) is 27.2. The van der Waals surface area contributed by atoms with Crippen LogP contribution in [0.15, 0.2) is 24.5 Å².